The van der Waals surface area contributed by atoms with Crippen LogP contribution in [0.5, 0.6) is 0 Å². The van der Waals surface area contributed by atoms with Crippen molar-refractivity contribution in [1.82, 2.24) is 4.40 Å². The van der Waals surface area contributed by atoms with Crippen LogP contribution in [0.25, 0.3) is 16.4 Å². The number of benzene rings is 1. The molecule has 3 heterocycles. The molecule has 0 aliphatic carbocycles. The molecule has 3 aromatic rings. The highest BCUT2D eigenvalue weighted by molar-refractivity contribution is 5.97. The molecule has 4 rings (SSSR count). The molecule has 2 nitrogen and oxygen atoms in total. The lowest BCUT2D eigenvalue weighted by Gasteiger charge is -2.46. The van der Waals surface area contributed by atoms with Gasteiger partial charge in [0.25, 0.3) is 5.65 Å². The van der Waals surface area contributed by atoms with Gasteiger partial charge in [0, 0.05) is 17.4 Å². The van der Waals surface area contributed by atoms with Gasteiger partial charge in [-0.3, -0.25) is 0 Å². The number of aromatic nitrogens is 2. The fraction of sp³-hybridized carbons (Fsp3) is 0.522. The van der Waals surface area contributed by atoms with Crippen molar-refractivity contribution >= 4 is 16.4 Å². The van der Waals surface area contributed by atoms with E-state index in [9.17, 15) is 0 Å². The van der Waals surface area contributed by atoms with Crippen LogP contribution in [-0.4, -0.2) is 4.40 Å². The molecule has 0 amide bonds. The minimum atomic E-state index is -0.242. The first-order valence-electron chi connectivity index (χ1n) is 10.1. The number of halogens is 1. The summed E-state index contributed by atoms with van der Waals surface area (Å²) < 4.78 is 20.0. The van der Waals surface area contributed by atoms with Crippen molar-refractivity contribution < 1.29 is 8.96 Å². The summed E-state index contributed by atoms with van der Waals surface area (Å²) in [6.07, 6.45) is 9.81. The Bertz CT molecular complexity index is 1000. The summed E-state index contributed by atoms with van der Waals surface area (Å²) >= 11 is 0. The molecule has 1 aliphatic rings. The van der Waals surface area contributed by atoms with Crippen LogP contribution >= 0.6 is 0 Å². The van der Waals surface area contributed by atoms with Crippen molar-refractivity contribution in [3.05, 3.63) is 47.7 Å². The molecule has 1 aliphatic heterocycles. The van der Waals surface area contributed by atoms with Crippen LogP contribution in [0.15, 0.2) is 30.6 Å². The monoisotopic (exact) mass is 353 g/mol. The zero-order chi connectivity index (χ0) is 18.7. The largest absolute Gasteiger partial charge is 0.295 e. The van der Waals surface area contributed by atoms with E-state index in [1.807, 2.05) is 6.07 Å². The molecule has 0 saturated heterocycles. The van der Waals surface area contributed by atoms with Gasteiger partial charge in [-0.05, 0) is 43.7 Å². The van der Waals surface area contributed by atoms with Crippen molar-refractivity contribution in [1.29, 1.82) is 0 Å². The highest BCUT2D eigenvalue weighted by Gasteiger charge is 2.55. The first-order chi connectivity index (χ1) is 12.4. The summed E-state index contributed by atoms with van der Waals surface area (Å²) in [5, 5.41) is 2.24. The van der Waals surface area contributed by atoms with E-state index in [1.54, 1.807) is 6.07 Å². The summed E-state index contributed by atoms with van der Waals surface area (Å²) in [7, 11) is 0. The fourth-order valence-corrected chi connectivity index (χ4v) is 5.17. The lowest BCUT2D eigenvalue weighted by atomic mass is 9.61. The van der Waals surface area contributed by atoms with E-state index in [0.717, 1.165) is 35.6 Å². The maximum Gasteiger partial charge on any atom is 0.295 e. The van der Waals surface area contributed by atoms with E-state index in [1.165, 1.54) is 24.2 Å². The second kappa shape index (κ2) is 5.80. The van der Waals surface area contributed by atoms with Gasteiger partial charge in [-0.25, -0.2) is 8.96 Å². The molecule has 2 aromatic heterocycles. The molecule has 138 valence electrons. The van der Waals surface area contributed by atoms with Gasteiger partial charge in [0.05, 0.1) is 11.6 Å². The van der Waals surface area contributed by atoms with E-state index in [4.69, 9.17) is 0 Å². The molecular formula is C23H30FN2+. The third-order valence-corrected chi connectivity index (χ3v) is 7.31. The van der Waals surface area contributed by atoms with Gasteiger partial charge in [0.15, 0.2) is 0 Å². The quantitative estimate of drug-likeness (QED) is 0.523. The smallest absolute Gasteiger partial charge is 0.223 e. The molecule has 0 spiro atoms. The number of pyridine rings is 1. The topological polar surface area (TPSA) is 8.29 Å². The van der Waals surface area contributed by atoms with Gasteiger partial charge in [0.1, 0.15) is 23.2 Å². The van der Waals surface area contributed by atoms with Crippen molar-refractivity contribution in [3.8, 4) is 0 Å². The molecule has 0 fully saturated rings. The van der Waals surface area contributed by atoms with Crippen LogP contribution in [0.3, 0.4) is 0 Å². The summed E-state index contributed by atoms with van der Waals surface area (Å²) in [5.41, 5.74) is 3.01. The van der Waals surface area contributed by atoms with E-state index < -0.39 is 0 Å². The predicted molar refractivity (Wildman–Crippen MR) is 105 cm³/mol. The van der Waals surface area contributed by atoms with Gasteiger partial charge >= 0.3 is 0 Å². The zero-order valence-electron chi connectivity index (χ0n) is 16.7. The Kier molecular flexibility index (Phi) is 3.91. The number of aryl methyl sites for hydroxylation is 1. The lowest BCUT2D eigenvalue weighted by Crippen LogP contribution is -2.66. The second-order valence-electron chi connectivity index (χ2n) is 8.30. The lowest BCUT2D eigenvalue weighted by molar-refractivity contribution is -0.750. The molecule has 1 aromatic carbocycles. The van der Waals surface area contributed by atoms with Crippen molar-refractivity contribution in [2.75, 3.05) is 0 Å². The molecular weight excluding hydrogens is 323 g/mol. The van der Waals surface area contributed by atoms with Gasteiger partial charge in [-0.2, -0.15) is 4.40 Å². The third-order valence-electron chi connectivity index (χ3n) is 7.31. The first-order valence-corrected chi connectivity index (χ1v) is 10.1. The van der Waals surface area contributed by atoms with E-state index in [-0.39, 0.29) is 16.8 Å². The Morgan fingerprint density at radius 3 is 2.50 bits per heavy atom. The third kappa shape index (κ3) is 1.95. The number of unbranched alkanes of at least 4 members (excludes halogenated alkanes) is 1. The van der Waals surface area contributed by atoms with E-state index in [0.29, 0.717) is 0 Å². The number of nitrogens with zero attached hydrogens (tertiary/aromatic N) is 2. The highest BCUT2D eigenvalue weighted by atomic mass is 19.1. The molecule has 2 unspecified atom stereocenters. The molecule has 26 heavy (non-hydrogen) atoms. The fourth-order valence-electron chi connectivity index (χ4n) is 5.17. The number of imidazole rings is 1. The Morgan fingerprint density at radius 1 is 1.08 bits per heavy atom. The summed E-state index contributed by atoms with van der Waals surface area (Å²) in [4.78, 5) is 0. The van der Waals surface area contributed by atoms with Gasteiger partial charge < -0.3 is 0 Å². The Morgan fingerprint density at radius 2 is 1.85 bits per heavy atom. The van der Waals surface area contributed by atoms with Crippen LogP contribution in [0, 0.1) is 5.82 Å². The predicted octanol–water partition coefficient (Wildman–Crippen LogP) is 5.67. The Hall–Kier alpha value is -1.90. The standard InChI is InChI=1S/C23H30FN2/c1-6-9-10-17-15-26-21-19-16(13-14-25(17)21)11-12-18(24)20(19)22(4,7-2)23(26,5)8-3/h11-15H,6-10H2,1-5H3/q+1. The normalized spacial score (nSPS) is 24.8. The summed E-state index contributed by atoms with van der Waals surface area (Å²) in [6, 6.07) is 5.74. The van der Waals surface area contributed by atoms with Crippen molar-refractivity contribution in [2.45, 2.75) is 77.7 Å². The summed E-state index contributed by atoms with van der Waals surface area (Å²) in [5.74, 6) is -0.0582. The highest BCUT2D eigenvalue weighted by Crippen LogP contribution is 2.49. The first kappa shape index (κ1) is 17.5. The molecule has 0 saturated carbocycles. The minimum absolute atomic E-state index is 0.0582. The van der Waals surface area contributed by atoms with Gasteiger partial charge in [0.2, 0.25) is 0 Å². The molecule has 0 radical (unpaired) electrons. The van der Waals surface area contributed by atoms with Crippen LogP contribution < -0.4 is 4.57 Å². The minimum Gasteiger partial charge on any atom is -0.223 e. The Labute approximate surface area is 155 Å². The SMILES string of the molecule is CCCCc1c[n+]2c3c4c(c(F)ccc4ccn13)C(C)(CC)C2(C)CC. The number of hydrogen-bond donors (Lipinski definition) is 0. The average Bonchev–Trinajstić information content (AvgIpc) is 3.03. The van der Waals surface area contributed by atoms with Crippen molar-refractivity contribution in [3.63, 3.8) is 0 Å². The van der Waals surface area contributed by atoms with E-state index in [2.05, 4.69) is 62.0 Å². The Balaban J connectivity index is 2.21. The second-order valence-corrected chi connectivity index (χ2v) is 8.30. The molecule has 0 N–H and O–H groups in total. The van der Waals surface area contributed by atoms with Gasteiger partial charge in [-0.1, -0.05) is 40.2 Å². The van der Waals surface area contributed by atoms with Gasteiger partial charge in [-0.15, -0.1) is 0 Å². The van der Waals surface area contributed by atoms with Crippen LogP contribution in [0.4, 0.5) is 4.39 Å². The number of rotatable bonds is 5. The van der Waals surface area contributed by atoms with Crippen LogP contribution in [0.1, 0.15) is 71.6 Å². The average molecular weight is 354 g/mol. The zero-order valence-corrected chi connectivity index (χ0v) is 16.7. The maximum atomic E-state index is 15.2. The van der Waals surface area contributed by atoms with Crippen LogP contribution in [0.2, 0.25) is 0 Å². The van der Waals surface area contributed by atoms with Crippen LogP contribution in [-0.2, 0) is 17.4 Å². The molecule has 3 heteroatoms. The summed E-state index contributed by atoms with van der Waals surface area (Å²) in [6.45, 7) is 11.2. The molecule has 2 atom stereocenters. The molecule has 0 bridgehead atoms. The van der Waals surface area contributed by atoms with Crippen molar-refractivity contribution in [2.24, 2.45) is 0 Å². The number of hydrogen-bond acceptors (Lipinski definition) is 0. The van der Waals surface area contributed by atoms with E-state index >= 15 is 4.39 Å². The maximum absolute atomic E-state index is 15.2.